The van der Waals surface area contributed by atoms with E-state index in [1.165, 1.54) is 28.8 Å². The number of alkyl halides is 3. The minimum absolute atomic E-state index is 0.0753. The molecule has 1 aliphatic rings. The van der Waals surface area contributed by atoms with Crippen molar-refractivity contribution in [2.75, 3.05) is 7.11 Å². The third kappa shape index (κ3) is 5.71. The number of halogens is 3. The maximum absolute atomic E-state index is 12.7. The van der Waals surface area contributed by atoms with Crippen molar-refractivity contribution in [3.05, 3.63) is 101 Å². The van der Waals surface area contributed by atoms with Crippen LogP contribution in [0.5, 0.6) is 5.75 Å². The lowest BCUT2D eigenvalue weighted by Crippen LogP contribution is -2.46. The number of benzene rings is 3. The second-order valence-electron chi connectivity index (χ2n) is 8.53. The lowest BCUT2D eigenvalue weighted by atomic mass is 9.76. The van der Waals surface area contributed by atoms with E-state index in [-0.39, 0.29) is 24.5 Å². The molecule has 0 bridgehead atoms. The van der Waals surface area contributed by atoms with Crippen molar-refractivity contribution in [3.8, 4) is 5.75 Å². The molecule has 0 radical (unpaired) electrons. The maximum atomic E-state index is 12.7. The number of hydrogen-bond acceptors (Lipinski definition) is 2. The topological polar surface area (TPSA) is 50.4 Å². The lowest BCUT2D eigenvalue weighted by Gasteiger charge is -2.34. The summed E-state index contributed by atoms with van der Waals surface area (Å²) in [6, 6.07) is 20.7. The molecule has 4 nitrogen and oxygen atoms in total. The molecule has 2 unspecified atom stereocenters. The van der Waals surface area contributed by atoms with Gasteiger partial charge in [0.15, 0.2) is 0 Å². The van der Waals surface area contributed by atoms with Crippen molar-refractivity contribution in [1.82, 2.24) is 10.6 Å². The highest BCUT2D eigenvalue weighted by Gasteiger charge is 2.32. The first-order chi connectivity index (χ1) is 16.3. The van der Waals surface area contributed by atoms with Crippen molar-refractivity contribution in [3.63, 3.8) is 0 Å². The zero-order chi connectivity index (χ0) is 24.1. The number of rotatable bonds is 6. The highest BCUT2D eigenvalue weighted by Crippen LogP contribution is 2.36. The molecular weight excluding hydrogens is 441 g/mol. The van der Waals surface area contributed by atoms with E-state index in [4.69, 9.17) is 4.74 Å². The van der Waals surface area contributed by atoms with Crippen LogP contribution >= 0.6 is 0 Å². The fourth-order valence-electron chi connectivity index (χ4n) is 4.52. The van der Waals surface area contributed by atoms with Crippen LogP contribution in [0, 0.1) is 0 Å². The fraction of sp³-hybridized carbons (Fsp3) is 0.296. The third-order valence-corrected chi connectivity index (χ3v) is 6.31. The third-order valence-electron chi connectivity index (χ3n) is 6.31. The van der Waals surface area contributed by atoms with Crippen LogP contribution < -0.4 is 15.4 Å². The molecule has 0 aliphatic heterocycles. The van der Waals surface area contributed by atoms with Gasteiger partial charge in [0.1, 0.15) is 5.75 Å². The van der Waals surface area contributed by atoms with Gasteiger partial charge in [0, 0.05) is 18.5 Å². The molecule has 0 heterocycles. The van der Waals surface area contributed by atoms with Crippen LogP contribution in [0.4, 0.5) is 18.0 Å². The van der Waals surface area contributed by atoms with Gasteiger partial charge >= 0.3 is 12.2 Å². The van der Waals surface area contributed by atoms with Gasteiger partial charge < -0.3 is 15.4 Å². The van der Waals surface area contributed by atoms with E-state index in [2.05, 4.69) is 34.9 Å². The van der Waals surface area contributed by atoms with Gasteiger partial charge in [-0.2, -0.15) is 13.2 Å². The van der Waals surface area contributed by atoms with E-state index in [0.29, 0.717) is 5.56 Å². The highest BCUT2D eigenvalue weighted by atomic mass is 19.4. The summed E-state index contributed by atoms with van der Waals surface area (Å²) >= 11 is 0. The number of methoxy groups -OCH3 is 1. The Morgan fingerprint density at radius 2 is 1.74 bits per heavy atom. The Balaban J connectivity index is 1.45. The number of amides is 2. The molecule has 0 saturated carbocycles. The monoisotopic (exact) mass is 468 g/mol. The number of ether oxygens (including phenoxy) is 1. The molecule has 3 aromatic rings. The number of carbonyl (C=O) groups is 1. The van der Waals surface area contributed by atoms with Gasteiger partial charge in [0.2, 0.25) is 0 Å². The van der Waals surface area contributed by atoms with Crippen LogP contribution in [0.25, 0.3) is 0 Å². The normalized spacial score (nSPS) is 17.5. The van der Waals surface area contributed by atoms with Gasteiger partial charge in [-0.05, 0) is 65.8 Å². The number of hydrogen-bond donors (Lipinski definition) is 2. The summed E-state index contributed by atoms with van der Waals surface area (Å²) in [6.07, 6.45) is -1.99. The first-order valence-corrected chi connectivity index (χ1v) is 11.2. The molecule has 0 aromatic heterocycles. The number of fused-ring (bicyclic) bond motifs is 1. The SMILES string of the molecule is COc1ccc2c(c1)CCC(NC(=O)NCc1ccc(C(F)(F)F)cc1)C2Cc1ccccc1. The summed E-state index contributed by atoms with van der Waals surface area (Å²) in [6.45, 7) is 0.147. The highest BCUT2D eigenvalue weighted by molar-refractivity contribution is 5.74. The molecule has 2 N–H and O–H groups in total. The lowest BCUT2D eigenvalue weighted by molar-refractivity contribution is -0.137. The van der Waals surface area contributed by atoms with Crippen molar-refractivity contribution in [2.24, 2.45) is 0 Å². The fourth-order valence-corrected chi connectivity index (χ4v) is 4.52. The molecule has 34 heavy (non-hydrogen) atoms. The Bertz CT molecular complexity index is 1110. The molecule has 1 aliphatic carbocycles. The van der Waals surface area contributed by atoms with Crippen LogP contribution in [0.15, 0.2) is 72.8 Å². The van der Waals surface area contributed by atoms with Crippen molar-refractivity contribution < 1.29 is 22.7 Å². The Labute approximate surface area is 197 Å². The van der Waals surface area contributed by atoms with E-state index in [9.17, 15) is 18.0 Å². The summed E-state index contributed by atoms with van der Waals surface area (Å²) in [5.41, 5.74) is 3.51. The van der Waals surface area contributed by atoms with E-state index >= 15 is 0 Å². The Kier molecular flexibility index (Phi) is 7.10. The van der Waals surface area contributed by atoms with Crippen molar-refractivity contribution in [2.45, 2.75) is 43.9 Å². The van der Waals surface area contributed by atoms with Gasteiger partial charge in [0.05, 0.1) is 12.7 Å². The Hall–Kier alpha value is -3.48. The van der Waals surface area contributed by atoms with Gasteiger partial charge in [-0.3, -0.25) is 0 Å². The van der Waals surface area contributed by atoms with Crippen LogP contribution in [0.2, 0.25) is 0 Å². The predicted octanol–water partition coefficient (Wildman–Crippen LogP) is 5.85. The van der Waals surface area contributed by atoms with E-state index < -0.39 is 11.7 Å². The molecule has 0 fully saturated rings. The first kappa shape index (κ1) is 23.7. The number of aryl methyl sites for hydroxylation is 1. The minimum atomic E-state index is -4.38. The van der Waals surface area contributed by atoms with E-state index in [0.717, 1.165) is 37.1 Å². The summed E-state index contributed by atoms with van der Waals surface area (Å²) < 4.78 is 43.6. The maximum Gasteiger partial charge on any atom is 0.416 e. The second-order valence-corrected chi connectivity index (χ2v) is 8.53. The summed E-state index contributed by atoms with van der Waals surface area (Å²) in [4.78, 5) is 12.7. The van der Waals surface area contributed by atoms with Crippen LogP contribution in [-0.2, 0) is 25.6 Å². The molecule has 0 spiro atoms. The van der Waals surface area contributed by atoms with Crippen molar-refractivity contribution >= 4 is 6.03 Å². The van der Waals surface area contributed by atoms with E-state index in [1.807, 2.05) is 24.3 Å². The molecule has 7 heteroatoms. The molecule has 0 saturated heterocycles. The zero-order valence-corrected chi connectivity index (χ0v) is 18.9. The minimum Gasteiger partial charge on any atom is -0.497 e. The molecular formula is C27H27F3N2O2. The average molecular weight is 469 g/mol. The summed E-state index contributed by atoms with van der Waals surface area (Å²) in [5, 5.41) is 5.88. The Morgan fingerprint density at radius 3 is 2.41 bits per heavy atom. The van der Waals surface area contributed by atoms with E-state index in [1.54, 1.807) is 7.11 Å². The smallest absolute Gasteiger partial charge is 0.416 e. The number of nitrogens with one attached hydrogen (secondary N) is 2. The van der Waals surface area contributed by atoms with Gasteiger partial charge in [0.25, 0.3) is 0 Å². The summed E-state index contributed by atoms with van der Waals surface area (Å²) in [7, 11) is 1.65. The zero-order valence-electron chi connectivity index (χ0n) is 18.9. The average Bonchev–Trinajstić information content (AvgIpc) is 2.84. The summed E-state index contributed by atoms with van der Waals surface area (Å²) in [5.74, 6) is 0.909. The standard InChI is InChI=1S/C27H27F3N2O2/c1-34-22-12-13-23-20(16-22)9-14-25(24(23)15-18-5-3-2-4-6-18)32-26(33)31-17-19-7-10-21(11-8-19)27(28,29)30/h2-8,10-13,16,24-25H,9,14-15,17H2,1H3,(H2,31,32,33). The second kappa shape index (κ2) is 10.2. The predicted molar refractivity (Wildman–Crippen MR) is 125 cm³/mol. The largest absolute Gasteiger partial charge is 0.497 e. The molecule has 4 rings (SSSR count). The Morgan fingerprint density at radius 1 is 1.00 bits per heavy atom. The molecule has 3 aromatic carbocycles. The molecule has 178 valence electrons. The molecule has 2 amide bonds. The number of carbonyl (C=O) groups excluding carboxylic acids is 1. The van der Waals surface area contributed by atoms with Gasteiger partial charge in [-0.15, -0.1) is 0 Å². The quantitative estimate of drug-likeness (QED) is 0.477. The van der Waals surface area contributed by atoms with Gasteiger partial charge in [-0.25, -0.2) is 4.79 Å². The molecule has 2 atom stereocenters. The van der Waals surface area contributed by atoms with Gasteiger partial charge in [-0.1, -0.05) is 48.5 Å². The van der Waals surface area contributed by atoms with Crippen molar-refractivity contribution in [1.29, 1.82) is 0 Å². The van der Waals surface area contributed by atoms with Crippen LogP contribution in [0.1, 0.15) is 40.2 Å². The first-order valence-electron chi connectivity index (χ1n) is 11.2. The van der Waals surface area contributed by atoms with Crippen LogP contribution in [-0.4, -0.2) is 19.2 Å². The number of urea groups is 1. The van der Waals surface area contributed by atoms with Crippen LogP contribution in [0.3, 0.4) is 0 Å².